The van der Waals surface area contributed by atoms with Gasteiger partial charge in [0.05, 0.1) is 37.6 Å². The number of Topliss-reactive ketones (excluding diaryl/α,β-unsaturated/α-hetero) is 2. The number of phenols is 2. The van der Waals surface area contributed by atoms with E-state index in [1.54, 1.807) is 47.8 Å². The van der Waals surface area contributed by atoms with Gasteiger partial charge in [0.2, 0.25) is 0 Å². The lowest BCUT2D eigenvalue weighted by atomic mass is 9.65. The van der Waals surface area contributed by atoms with E-state index in [2.05, 4.69) is 16.7 Å². The van der Waals surface area contributed by atoms with Gasteiger partial charge in [0, 0.05) is 53.3 Å². The van der Waals surface area contributed by atoms with Crippen molar-refractivity contribution in [3.8, 4) is 28.4 Å². The number of benzene rings is 4. The van der Waals surface area contributed by atoms with Crippen molar-refractivity contribution in [1.29, 1.82) is 0 Å². The van der Waals surface area contributed by atoms with Crippen LogP contribution in [0.1, 0.15) is 166 Å². The summed E-state index contributed by atoms with van der Waals surface area (Å²) in [5.41, 5.74) is 7.32. The third kappa shape index (κ3) is 10.4. The van der Waals surface area contributed by atoms with Gasteiger partial charge < -0.3 is 45.4 Å². The van der Waals surface area contributed by atoms with Gasteiger partial charge in [-0.05, 0) is 182 Å². The number of carbonyl (C=O) groups is 2. The molecule has 1 saturated heterocycles. The van der Waals surface area contributed by atoms with E-state index in [9.17, 15) is 40.2 Å². The van der Waals surface area contributed by atoms with Gasteiger partial charge in [0.1, 0.15) is 17.8 Å². The molecule has 71 heavy (non-hydrogen) atoms. The molecular weight excluding hydrogens is 937 g/mol. The molecule has 8 N–H and O–H groups in total. The number of aromatic hydroxyl groups is 2. The molecule has 3 aliphatic carbocycles. The average molecular weight is 1010 g/mol. The normalized spacial score (nSPS) is 29.7. The fourth-order valence-corrected chi connectivity index (χ4v) is 16.5. The summed E-state index contributed by atoms with van der Waals surface area (Å²) >= 11 is 0. The van der Waals surface area contributed by atoms with Crippen molar-refractivity contribution < 1.29 is 49.7 Å². The number of carbonyl (C=O) groups excluding carboxylic acids is 2. The van der Waals surface area contributed by atoms with Crippen LogP contribution in [0.3, 0.4) is 0 Å². The Labute approximate surface area is 425 Å². The minimum absolute atomic E-state index is 0.00564. The first-order chi connectivity index (χ1) is 34.3. The van der Waals surface area contributed by atoms with E-state index in [0.29, 0.717) is 62.0 Å². The van der Waals surface area contributed by atoms with Crippen molar-refractivity contribution in [3.05, 3.63) is 81.9 Å². The predicted molar refractivity (Wildman–Crippen MR) is 280 cm³/mol. The number of fused-ring (bicyclic) bond motifs is 9. The number of anilines is 1. The van der Waals surface area contributed by atoms with Gasteiger partial charge in [0.15, 0.2) is 17.3 Å². The molecule has 3 aliphatic heterocycles. The van der Waals surface area contributed by atoms with E-state index in [4.69, 9.17) is 9.47 Å². The molecule has 382 valence electrons. The Morgan fingerprint density at radius 3 is 2.51 bits per heavy atom. The van der Waals surface area contributed by atoms with Crippen molar-refractivity contribution in [2.75, 3.05) is 24.8 Å². The van der Waals surface area contributed by atoms with Crippen molar-refractivity contribution in [3.63, 3.8) is 0 Å². The Balaban J connectivity index is 1.11. The fourth-order valence-electron chi connectivity index (χ4n) is 13.6. The number of ether oxygens (including phenoxy) is 2. The number of nitrogens with one attached hydrogen (secondary N) is 2. The first-order valence-electron chi connectivity index (χ1n) is 26.3. The molecule has 10 atom stereocenters. The summed E-state index contributed by atoms with van der Waals surface area (Å²) in [5, 5.41) is 77.6. The van der Waals surface area contributed by atoms with Crippen molar-refractivity contribution in [1.82, 2.24) is 5.32 Å². The number of hydrogen-bond donors (Lipinski definition) is 8. The molecule has 0 spiro atoms. The molecule has 0 aromatic heterocycles. The first-order valence-corrected chi connectivity index (χ1v) is 28.7. The summed E-state index contributed by atoms with van der Waals surface area (Å²) < 4.78 is 13.6. The average Bonchev–Trinajstić information content (AvgIpc) is 3.74. The zero-order valence-corrected chi connectivity index (χ0v) is 42.8. The molecule has 6 aliphatic rings. The van der Waals surface area contributed by atoms with E-state index in [1.807, 2.05) is 30.3 Å². The van der Waals surface area contributed by atoms with Crippen LogP contribution in [0.2, 0.25) is 0 Å². The Morgan fingerprint density at radius 2 is 1.73 bits per heavy atom. The second-order valence-corrected chi connectivity index (χ2v) is 24.4. The van der Waals surface area contributed by atoms with Crippen LogP contribution < -0.4 is 15.4 Å². The van der Waals surface area contributed by atoms with Crippen LogP contribution in [-0.2, 0) is 27.4 Å². The smallest absolute Gasteiger partial charge is 0.168 e. The number of aliphatic hydroxyl groups excluding tert-OH is 3. The van der Waals surface area contributed by atoms with Crippen molar-refractivity contribution >= 4 is 49.6 Å². The predicted octanol–water partition coefficient (Wildman–Crippen LogP) is 10.2. The van der Waals surface area contributed by atoms with Gasteiger partial charge in [-0.2, -0.15) is 0 Å². The van der Waals surface area contributed by atoms with Gasteiger partial charge in [-0.25, -0.2) is 0 Å². The van der Waals surface area contributed by atoms with E-state index < -0.39 is 30.1 Å². The Kier molecular flexibility index (Phi) is 15.4. The van der Waals surface area contributed by atoms with Crippen LogP contribution in [0.4, 0.5) is 5.69 Å². The zero-order valence-electron chi connectivity index (χ0n) is 41.2. The zero-order chi connectivity index (χ0) is 49.6. The van der Waals surface area contributed by atoms with E-state index in [1.165, 1.54) is 0 Å². The Bertz CT molecular complexity index is 2620. The lowest BCUT2D eigenvalue weighted by molar-refractivity contribution is -0.128. The van der Waals surface area contributed by atoms with Gasteiger partial charge in [-0.15, -0.1) is 0 Å². The Hall–Kier alpha value is -3.86. The number of aryl methyl sites for hydroxylation is 1. The highest BCUT2D eigenvalue weighted by atomic mass is 33.1. The standard InChI is InChI=1S/C57H72N2O10S2/c1-31(62)46-16-8-35-23-36(28-60)42-15-11-38(19-22-57(67)20-3-4-21-57)58-56(45-25-37(29-61)54(59-46)51(35)53(42)45)69-48-27-40(64)13-6-33-9-17-47(66)55(68-2)50(33)43-14-7-32-5-12-39(63)26-44(32)52(43)49-18-10-34(48)24-41(65)30-70-71-49/h5,7,9,12,14,17,25-26,34-36,38,41-42,46,48-49,56,58-61,63,65-67H,3-4,6,8,10-11,13,15-16,18-24,27-30H2,1-2H3. The summed E-state index contributed by atoms with van der Waals surface area (Å²) in [4.78, 5) is 27.9. The summed E-state index contributed by atoms with van der Waals surface area (Å²) in [6.07, 6.45) is 8.99. The van der Waals surface area contributed by atoms with Gasteiger partial charge in [-0.3, -0.25) is 14.9 Å². The molecule has 4 aromatic carbocycles. The van der Waals surface area contributed by atoms with Crippen LogP contribution >= 0.6 is 21.6 Å². The molecule has 0 radical (unpaired) electrons. The second-order valence-electron chi connectivity index (χ2n) is 21.7. The lowest BCUT2D eigenvalue weighted by Gasteiger charge is -2.44. The number of methoxy groups -OCH3 is 1. The molecule has 2 fully saturated rings. The number of rotatable bonds is 9. The molecule has 10 rings (SSSR count). The first kappa shape index (κ1) is 50.7. The number of ketones is 2. The minimum Gasteiger partial charge on any atom is -0.508 e. The van der Waals surface area contributed by atoms with Crippen LogP contribution in [0, 0.1) is 11.8 Å². The maximum Gasteiger partial charge on any atom is 0.168 e. The molecule has 0 amide bonds. The van der Waals surface area contributed by atoms with Crippen LogP contribution in [0.25, 0.3) is 21.9 Å². The van der Waals surface area contributed by atoms with E-state index in [-0.39, 0.29) is 84.1 Å². The van der Waals surface area contributed by atoms with E-state index in [0.717, 1.165) is 107 Å². The lowest BCUT2D eigenvalue weighted by Crippen LogP contribution is -2.43. The summed E-state index contributed by atoms with van der Waals surface area (Å²) in [7, 11) is 4.87. The molecular formula is C57H72N2O10S2. The summed E-state index contributed by atoms with van der Waals surface area (Å²) in [5.74, 6) is 0.711. The van der Waals surface area contributed by atoms with Crippen molar-refractivity contribution in [2.45, 2.75) is 176 Å². The highest BCUT2D eigenvalue weighted by molar-refractivity contribution is 8.76. The summed E-state index contributed by atoms with van der Waals surface area (Å²) in [6, 6.07) is 14.6. The second kappa shape index (κ2) is 21.5. The fraction of sp³-hybridized carbons (Fsp3) is 0.579. The van der Waals surface area contributed by atoms with Crippen LogP contribution in [-0.4, -0.2) is 91.6 Å². The highest BCUT2D eigenvalue weighted by Crippen LogP contribution is 2.56. The molecule has 2 bridgehead atoms. The monoisotopic (exact) mass is 1010 g/mol. The molecule has 14 heteroatoms. The topological polar surface area (TPSA) is 198 Å². The van der Waals surface area contributed by atoms with Crippen LogP contribution in [0.5, 0.6) is 17.2 Å². The van der Waals surface area contributed by atoms with Gasteiger partial charge in [-0.1, -0.05) is 58.7 Å². The van der Waals surface area contributed by atoms with Crippen molar-refractivity contribution in [2.24, 2.45) is 11.8 Å². The quantitative estimate of drug-likeness (QED) is 0.0737. The molecule has 10 unspecified atom stereocenters. The maximum absolute atomic E-state index is 14.8. The Morgan fingerprint density at radius 1 is 0.915 bits per heavy atom. The number of hydrogen-bond acceptors (Lipinski definition) is 14. The third-order valence-electron chi connectivity index (χ3n) is 17.3. The number of phenolic OH excluding ortho intramolecular Hbond substituents is 2. The highest BCUT2D eigenvalue weighted by Gasteiger charge is 2.45. The minimum atomic E-state index is -0.741. The molecule has 3 heterocycles. The van der Waals surface area contributed by atoms with Gasteiger partial charge >= 0.3 is 0 Å². The summed E-state index contributed by atoms with van der Waals surface area (Å²) in [6.45, 7) is 1.37. The third-order valence-corrected chi connectivity index (χ3v) is 20.2. The molecule has 1 saturated carbocycles. The van der Waals surface area contributed by atoms with E-state index >= 15 is 0 Å². The number of aliphatic hydroxyl groups is 4. The molecule has 4 aromatic rings. The SMILES string of the molecule is COc1c(O)ccc2c1-c1ccc3ccc(O)cc3c1C1CCC(CC(O)CSS1)C(OC1NC(CCC3(O)CCCC3)CCC3c4c1cc(CO)c1c4C(CCC(C(C)=O)N1)CC3CO)CC(=O)CC2. The largest absolute Gasteiger partial charge is 0.508 e. The molecule has 12 nitrogen and oxygen atoms in total. The van der Waals surface area contributed by atoms with Crippen LogP contribution in [0.15, 0.2) is 48.5 Å². The maximum atomic E-state index is 14.8. The van der Waals surface area contributed by atoms with Gasteiger partial charge in [0.25, 0.3) is 0 Å².